The van der Waals surface area contributed by atoms with E-state index in [9.17, 15) is 0 Å². The van der Waals surface area contributed by atoms with E-state index in [-0.39, 0.29) is 28.6 Å². The molecular formula is C8H12F2Ti. The Morgan fingerprint density at radius 2 is 2.00 bits per heavy atom. The van der Waals surface area contributed by atoms with Crippen LogP contribution in [-0.2, 0) is 19.2 Å². The second-order valence-corrected chi connectivity index (χ2v) is 5.88. The molecule has 0 radical (unpaired) electrons. The normalized spacial score (nSPS) is 13.2. The number of hydrogen-bond acceptors (Lipinski definition) is 0. The number of halogens is 2. The Labute approximate surface area is 75.4 Å². The molecule has 0 heterocycles. The van der Waals surface area contributed by atoms with Crippen LogP contribution >= 0.6 is 0 Å². The van der Waals surface area contributed by atoms with Crippen molar-refractivity contribution in [2.75, 3.05) is 0 Å². The zero-order chi connectivity index (χ0) is 6.69. The van der Waals surface area contributed by atoms with E-state index in [0.29, 0.717) is 0 Å². The van der Waals surface area contributed by atoms with Crippen LogP contribution in [-0.4, -0.2) is 0 Å². The molecule has 1 rings (SSSR count). The molecule has 0 saturated heterocycles. The van der Waals surface area contributed by atoms with Crippen LogP contribution in [0.3, 0.4) is 0 Å². The Morgan fingerprint density at radius 1 is 1.36 bits per heavy atom. The van der Waals surface area contributed by atoms with Gasteiger partial charge < -0.3 is 9.41 Å². The van der Waals surface area contributed by atoms with Crippen molar-refractivity contribution in [2.45, 2.75) is 24.5 Å². The maximum absolute atomic E-state index is 2.32. The average molecular weight is 194 g/mol. The Balaban J connectivity index is 0. The zero-order valence-electron chi connectivity index (χ0n) is 6.77. The Hall–Kier alpha value is 0.0543. The Bertz CT molecular complexity index is 150. The van der Waals surface area contributed by atoms with Crippen molar-refractivity contribution in [3.05, 3.63) is 22.1 Å². The number of allylic oxidation sites excluding steroid dienone is 4. The summed E-state index contributed by atoms with van der Waals surface area (Å²) < 4.78 is 2.65. The number of hydrogen-bond donors (Lipinski definition) is 0. The van der Waals surface area contributed by atoms with Crippen molar-refractivity contribution in [1.29, 1.82) is 0 Å². The van der Waals surface area contributed by atoms with Gasteiger partial charge in [0, 0.05) is 0 Å². The van der Waals surface area contributed by atoms with Crippen molar-refractivity contribution >= 4 is 0 Å². The quantitative estimate of drug-likeness (QED) is 0.405. The summed E-state index contributed by atoms with van der Waals surface area (Å²) in [7, 11) is 0. The van der Waals surface area contributed by atoms with Gasteiger partial charge in [-0.25, -0.2) is 0 Å². The molecule has 0 amide bonds. The van der Waals surface area contributed by atoms with Crippen molar-refractivity contribution < 1.29 is 28.6 Å². The van der Waals surface area contributed by atoms with Crippen LogP contribution in [0.15, 0.2) is 22.1 Å². The monoisotopic (exact) mass is 194 g/mol. The molecule has 0 unspecified atom stereocenters. The summed E-state index contributed by atoms with van der Waals surface area (Å²) in [5.41, 5.74) is 0. The van der Waals surface area contributed by atoms with Gasteiger partial charge in [0.2, 0.25) is 0 Å². The van der Waals surface area contributed by atoms with Gasteiger partial charge in [0.1, 0.15) is 0 Å². The molecule has 11 heavy (non-hydrogen) atoms. The van der Waals surface area contributed by atoms with Crippen molar-refractivity contribution in [3.8, 4) is 0 Å². The minimum Gasteiger partial charge on any atom is -1.00 e. The first-order valence-electron chi connectivity index (χ1n) is 3.41. The molecule has 0 N–H and O–H groups in total. The molecular weight excluding hydrogens is 182 g/mol. The van der Waals surface area contributed by atoms with E-state index in [1.165, 1.54) is 6.42 Å². The molecule has 0 aliphatic heterocycles. The van der Waals surface area contributed by atoms with E-state index >= 15 is 0 Å². The molecule has 0 atom stereocenters. The first-order chi connectivity index (χ1) is 4.29. The van der Waals surface area contributed by atoms with E-state index in [1.54, 1.807) is 3.88 Å². The largest absolute Gasteiger partial charge is 1.00 e. The Kier molecular flexibility index (Phi) is 8.36. The van der Waals surface area contributed by atoms with Gasteiger partial charge in [-0.1, -0.05) is 0 Å². The summed E-state index contributed by atoms with van der Waals surface area (Å²) in [4.78, 5) is 0. The van der Waals surface area contributed by atoms with E-state index in [1.807, 2.05) is 0 Å². The van der Waals surface area contributed by atoms with Gasteiger partial charge in [0.25, 0.3) is 0 Å². The fourth-order valence-electron chi connectivity index (χ4n) is 0.925. The van der Waals surface area contributed by atoms with Crippen molar-refractivity contribution in [2.24, 2.45) is 0 Å². The molecule has 62 valence electrons. The van der Waals surface area contributed by atoms with Crippen LogP contribution in [0, 0.1) is 0 Å². The molecule has 0 nitrogen and oxygen atoms in total. The molecule has 1 aliphatic rings. The van der Waals surface area contributed by atoms with Crippen molar-refractivity contribution in [1.82, 2.24) is 0 Å². The molecule has 0 saturated carbocycles. The van der Waals surface area contributed by atoms with E-state index in [0.717, 1.165) is 4.22 Å². The average Bonchev–Trinajstić information content (AvgIpc) is 2.15. The third-order valence-corrected chi connectivity index (χ3v) is 3.30. The smallest absolute Gasteiger partial charge is 1.00 e. The topological polar surface area (TPSA) is 0 Å². The van der Waals surface area contributed by atoms with Crippen LogP contribution in [0.1, 0.15) is 20.3 Å². The van der Waals surface area contributed by atoms with Crippen LogP contribution < -0.4 is 9.41 Å². The molecule has 0 bridgehead atoms. The van der Waals surface area contributed by atoms with Crippen LogP contribution in [0.5, 0.6) is 0 Å². The summed E-state index contributed by atoms with van der Waals surface area (Å²) in [6.07, 6.45) is 7.97. The van der Waals surface area contributed by atoms with Crippen LogP contribution in [0.2, 0.25) is 4.22 Å². The predicted molar refractivity (Wildman–Crippen MR) is 36.9 cm³/mol. The summed E-state index contributed by atoms with van der Waals surface area (Å²) in [6.45, 7) is 4.64. The zero-order valence-corrected chi connectivity index (χ0v) is 8.33. The Morgan fingerprint density at radius 3 is 2.36 bits per heavy atom. The molecule has 1 aliphatic carbocycles. The summed E-state index contributed by atoms with van der Waals surface area (Å²) in [6, 6.07) is 0. The maximum atomic E-state index is 2.32. The van der Waals surface area contributed by atoms with Gasteiger partial charge in [0.15, 0.2) is 0 Å². The fourth-order valence-corrected chi connectivity index (χ4v) is 2.75. The first-order valence-corrected chi connectivity index (χ1v) is 5.09. The first kappa shape index (κ1) is 13.6. The molecule has 0 spiro atoms. The maximum Gasteiger partial charge on any atom is -1.00 e. The summed E-state index contributed by atoms with van der Waals surface area (Å²) in [5.74, 6) is 0. The predicted octanol–water partition coefficient (Wildman–Crippen LogP) is -3.25. The standard InChI is InChI=1S/C5H5.C3H7.2FH.Ti/c1-2-4-5-3-1;1-3-2;;;/h1-3H,4H2;3H,1-2H3;2*1H;/q;;;;+2/p-2. The van der Waals surface area contributed by atoms with Crippen molar-refractivity contribution in [3.63, 3.8) is 0 Å². The minimum atomic E-state index is 0. The summed E-state index contributed by atoms with van der Waals surface area (Å²) >= 11 is 0.236. The SMILES string of the molecule is C[CH](C)[Ti+2][C]1=CC=CC1.[F-].[F-]. The van der Waals surface area contributed by atoms with Gasteiger partial charge in [0.05, 0.1) is 0 Å². The third-order valence-electron chi connectivity index (χ3n) is 1.25. The summed E-state index contributed by atoms with van der Waals surface area (Å²) in [5, 5.41) is 0. The van der Waals surface area contributed by atoms with E-state index in [4.69, 9.17) is 0 Å². The van der Waals surface area contributed by atoms with Gasteiger partial charge in [-0.15, -0.1) is 0 Å². The molecule has 0 aromatic rings. The van der Waals surface area contributed by atoms with Gasteiger partial charge in [-0.05, 0) is 0 Å². The second kappa shape index (κ2) is 6.75. The minimum absolute atomic E-state index is 0. The molecule has 0 aromatic carbocycles. The van der Waals surface area contributed by atoms with Gasteiger partial charge >= 0.3 is 65.7 Å². The van der Waals surface area contributed by atoms with Gasteiger partial charge in [-0.3, -0.25) is 0 Å². The number of rotatable bonds is 2. The van der Waals surface area contributed by atoms with E-state index in [2.05, 4.69) is 32.1 Å². The van der Waals surface area contributed by atoms with E-state index < -0.39 is 0 Å². The van der Waals surface area contributed by atoms with Crippen LogP contribution in [0.4, 0.5) is 0 Å². The molecule has 0 aromatic heterocycles. The fraction of sp³-hybridized carbons (Fsp3) is 0.500. The molecule has 0 fully saturated rings. The van der Waals surface area contributed by atoms with Crippen LogP contribution in [0.25, 0.3) is 0 Å². The molecule has 3 heteroatoms. The third kappa shape index (κ3) is 5.34. The van der Waals surface area contributed by atoms with Gasteiger partial charge in [-0.2, -0.15) is 0 Å². The second-order valence-electron chi connectivity index (χ2n) is 2.62.